The molecule has 1 amide bonds. The van der Waals surface area contributed by atoms with E-state index in [0.717, 1.165) is 48.5 Å². The van der Waals surface area contributed by atoms with Gasteiger partial charge in [-0.2, -0.15) is 0 Å². The summed E-state index contributed by atoms with van der Waals surface area (Å²) in [6, 6.07) is 10.2. The van der Waals surface area contributed by atoms with Crippen LogP contribution in [0.15, 0.2) is 35.1 Å². The number of amides is 1. The van der Waals surface area contributed by atoms with Crippen molar-refractivity contribution in [3.05, 3.63) is 57.8 Å². The van der Waals surface area contributed by atoms with E-state index in [9.17, 15) is 9.59 Å². The molecule has 2 aliphatic rings. The van der Waals surface area contributed by atoms with E-state index in [4.69, 9.17) is 0 Å². The van der Waals surface area contributed by atoms with Crippen LogP contribution in [0.1, 0.15) is 43.6 Å². The van der Waals surface area contributed by atoms with Crippen molar-refractivity contribution >= 4 is 17.6 Å². The van der Waals surface area contributed by atoms with Gasteiger partial charge in [-0.25, -0.2) is 4.79 Å². The Hall–Kier alpha value is -2.56. The smallest absolute Gasteiger partial charge is 0.326 e. The number of likely N-dealkylation sites (tertiary alicyclic amines) is 1. The molecule has 5 nitrogen and oxygen atoms in total. The van der Waals surface area contributed by atoms with Crippen molar-refractivity contribution < 1.29 is 4.79 Å². The summed E-state index contributed by atoms with van der Waals surface area (Å²) in [6.45, 7) is 6.44. The molecule has 5 heteroatoms. The third-order valence-electron chi connectivity index (χ3n) is 6.09. The number of nitrogens with zero attached hydrogens (tertiary/aromatic N) is 2. The second-order valence-electron chi connectivity index (χ2n) is 7.63. The molecule has 142 valence electrons. The first-order chi connectivity index (χ1) is 13.1. The normalized spacial score (nSPS) is 22.3. The molecule has 0 saturated carbocycles. The average molecular weight is 365 g/mol. The van der Waals surface area contributed by atoms with E-state index in [-0.39, 0.29) is 23.4 Å². The minimum absolute atomic E-state index is 0.0849. The number of nitrogens with one attached hydrogen (secondary N) is 1. The Balaban J connectivity index is 1.83. The monoisotopic (exact) mass is 365 g/mol. The largest absolute Gasteiger partial charge is 0.342 e. The quantitative estimate of drug-likeness (QED) is 0.908. The zero-order valence-electron chi connectivity index (χ0n) is 16.1. The fraction of sp³-hybridized carbons (Fsp3) is 0.455. The number of rotatable bonds is 3. The third-order valence-corrected chi connectivity index (χ3v) is 6.09. The predicted octanol–water partition coefficient (Wildman–Crippen LogP) is 3.17. The summed E-state index contributed by atoms with van der Waals surface area (Å²) in [5.74, 6) is 0.163. The number of hydrogen-bond acceptors (Lipinski definition) is 2. The molecule has 4 rings (SSSR count). The molecule has 1 aromatic carbocycles. The summed E-state index contributed by atoms with van der Waals surface area (Å²) >= 11 is 0. The van der Waals surface area contributed by atoms with Crippen LogP contribution in [0.4, 0.5) is 0 Å². The summed E-state index contributed by atoms with van der Waals surface area (Å²) < 4.78 is 1.77. The van der Waals surface area contributed by atoms with E-state index in [1.807, 2.05) is 30.0 Å². The Morgan fingerprint density at radius 1 is 1.19 bits per heavy atom. The van der Waals surface area contributed by atoms with E-state index in [0.29, 0.717) is 13.0 Å². The van der Waals surface area contributed by atoms with Crippen LogP contribution in [-0.4, -0.2) is 33.4 Å². The van der Waals surface area contributed by atoms with Crippen molar-refractivity contribution in [2.45, 2.75) is 39.7 Å². The molecule has 1 aromatic heterocycles. The molecule has 0 radical (unpaired) electrons. The van der Waals surface area contributed by atoms with Gasteiger partial charge in [-0.15, -0.1) is 0 Å². The number of aromatic amines is 1. The van der Waals surface area contributed by atoms with Gasteiger partial charge in [0.25, 0.3) is 0 Å². The lowest BCUT2D eigenvalue weighted by molar-refractivity contribution is -0.135. The van der Waals surface area contributed by atoms with Crippen molar-refractivity contribution in [1.29, 1.82) is 0 Å². The summed E-state index contributed by atoms with van der Waals surface area (Å²) in [7, 11) is 0. The lowest BCUT2D eigenvalue weighted by Crippen LogP contribution is -2.38. The Kier molecular flexibility index (Phi) is 4.77. The molecule has 0 spiro atoms. The number of allylic oxidation sites excluding steroid dienone is 1. The standard InChI is InChI=1S/C22H27N3O2/c1-3-25-20-14-18(21(26)24-11-7-8-12-24)15(2)17(13-19(20)23-22(25)27)16-9-5-4-6-10-16/h4-6,9-10,13,15,18H,3,7-8,11-12,14H2,1-2H3,(H,23,27)/t15-,18+/m0/s1. The number of carbonyl (C=O) groups is 1. The van der Waals surface area contributed by atoms with Gasteiger partial charge in [0.05, 0.1) is 11.6 Å². The van der Waals surface area contributed by atoms with Crippen molar-refractivity contribution in [1.82, 2.24) is 14.5 Å². The van der Waals surface area contributed by atoms with Gasteiger partial charge in [0, 0.05) is 31.7 Å². The molecular weight excluding hydrogens is 338 g/mol. The molecular formula is C22H27N3O2. The van der Waals surface area contributed by atoms with Crippen molar-refractivity contribution in [2.24, 2.45) is 11.8 Å². The Morgan fingerprint density at radius 3 is 2.56 bits per heavy atom. The molecule has 2 heterocycles. The van der Waals surface area contributed by atoms with Gasteiger partial charge >= 0.3 is 5.69 Å². The van der Waals surface area contributed by atoms with Crippen LogP contribution < -0.4 is 5.69 Å². The van der Waals surface area contributed by atoms with E-state index >= 15 is 0 Å². The van der Waals surface area contributed by atoms with Crippen LogP contribution >= 0.6 is 0 Å². The fourth-order valence-corrected chi connectivity index (χ4v) is 4.54. The van der Waals surface area contributed by atoms with Crippen LogP contribution in [0.25, 0.3) is 11.6 Å². The molecule has 1 aliphatic heterocycles. The van der Waals surface area contributed by atoms with Crippen LogP contribution in [0.2, 0.25) is 0 Å². The van der Waals surface area contributed by atoms with Crippen LogP contribution in [-0.2, 0) is 17.8 Å². The highest BCUT2D eigenvalue weighted by Crippen LogP contribution is 2.37. The SMILES string of the molecule is CCn1c2c([nH]c1=O)C=C(c1ccccc1)[C@H](C)[C@H](C(=O)N1CCCC1)C2. The molecule has 0 unspecified atom stereocenters. The zero-order chi connectivity index (χ0) is 19.0. The van der Waals surface area contributed by atoms with Crippen molar-refractivity contribution in [3.63, 3.8) is 0 Å². The maximum Gasteiger partial charge on any atom is 0.326 e. The van der Waals surface area contributed by atoms with Crippen molar-refractivity contribution in [3.8, 4) is 0 Å². The minimum Gasteiger partial charge on any atom is -0.342 e. The predicted molar refractivity (Wildman–Crippen MR) is 107 cm³/mol. The molecule has 2 atom stereocenters. The molecule has 0 bridgehead atoms. The number of H-pyrrole nitrogens is 1. The van der Waals surface area contributed by atoms with E-state index in [1.165, 1.54) is 0 Å². The average Bonchev–Trinajstić information content (AvgIpc) is 3.29. The minimum atomic E-state index is -0.149. The molecule has 2 aromatic rings. The van der Waals surface area contributed by atoms with Crippen molar-refractivity contribution in [2.75, 3.05) is 13.1 Å². The lowest BCUT2D eigenvalue weighted by atomic mass is 9.82. The lowest BCUT2D eigenvalue weighted by Gasteiger charge is -2.28. The maximum atomic E-state index is 13.4. The van der Waals surface area contributed by atoms with E-state index in [1.54, 1.807) is 4.57 Å². The summed E-state index contributed by atoms with van der Waals surface area (Å²) in [5.41, 5.74) is 3.95. The highest BCUT2D eigenvalue weighted by atomic mass is 16.2. The molecule has 1 N–H and O–H groups in total. The number of hydrogen-bond donors (Lipinski definition) is 1. The van der Waals surface area contributed by atoms with E-state index in [2.05, 4.69) is 30.1 Å². The van der Waals surface area contributed by atoms with Gasteiger partial charge in [0.1, 0.15) is 0 Å². The van der Waals surface area contributed by atoms with Gasteiger partial charge in [0.15, 0.2) is 0 Å². The van der Waals surface area contributed by atoms with Crippen LogP contribution in [0, 0.1) is 11.8 Å². The number of benzene rings is 1. The van der Waals surface area contributed by atoms with Gasteiger partial charge in [-0.1, -0.05) is 37.3 Å². The third kappa shape index (κ3) is 3.15. The zero-order valence-corrected chi connectivity index (χ0v) is 16.1. The van der Waals surface area contributed by atoms with Gasteiger partial charge in [-0.3, -0.25) is 9.36 Å². The Morgan fingerprint density at radius 2 is 1.89 bits per heavy atom. The summed E-state index contributed by atoms with van der Waals surface area (Å²) in [5, 5.41) is 0. The Labute approximate surface area is 159 Å². The molecule has 27 heavy (non-hydrogen) atoms. The van der Waals surface area contributed by atoms with Crippen LogP contribution in [0.3, 0.4) is 0 Å². The van der Waals surface area contributed by atoms with Gasteiger partial charge in [0.2, 0.25) is 5.91 Å². The van der Waals surface area contributed by atoms with E-state index < -0.39 is 0 Å². The van der Waals surface area contributed by atoms with Crippen LogP contribution in [0.5, 0.6) is 0 Å². The fourth-order valence-electron chi connectivity index (χ4n) is 4.54. The first-order valence-electron chi connectivity index (χ1n) is 9.97. The molecule has 1 fully saturated rings. The number of imidazole rings is 1. The number of carbonyl (C=O) groups excluding carboxylic acids is 1. The summed E-state index contributed by atoms with van der Waals surface area (Å²) in [6.07, 6.45) is 4.86. The van der Waals surface area contributed by atoms with Gasteiger partial charge < -0.3 is 9.88 Å². The first kappa shape index (κ1) is 17.8. The Bertz CT molecular complexity index is 917. The second kappa shape index (κ2) is 7.22. The first-order valence-corrected chi connectivity index (χ1v) is 9.97. The maximum absolute atomic E-state index is 13.4. The van der Waals surface area contributed by atoms with Gasteiger partial charge in [-0.05, 0) is 42.9 Å². The summed E-state index contributed by atoms with van der Waals surface area (Å²) in [4.78, 5) is 30.8. The molecule has 1 aliphatic carbocycles. The number of aromatic nitrogens is 2. The molecule has 1 saturated heterocycles. The highest BCUT2D eigenvalue weighted by molar-refractivity contribution is 5.89. The highest BCUT2D eigenvalue weighted by Gasteiger charge is 2.36. The second-order valence-corrected chi connectivity index (χ2v) is 7.63. The topological polar surface area (TPSA) is 58.1 Å². The number of fused-ring (bicyclic) bond motifs is 1.